The van der Waals surface area contributed by atoms with Crippen LogP contribution in [0.4, 0.5) is 4.79 Å². The van der Waals surface area contributed by atoms with E-state index in [9.17, 15) is 34.5 Å². The number of nitrogens with zero attached hydrogens (tertiary/aromatic N) is 1. The van der Waals surface area contributed by atoms with Crippen molar-refractivity contribution >= 4 is 23.9 Å². The van der Waals surface area contributed by atoms with Gasteiger partial charge < -0.3 is 40.3 Å². The van der Waals surface area contributed by atoms with Gasteiger partial charge in [0, 0.05) is 6.54 Å². The highest BCUT2D eigenvalue weighted by molar-refractivity contribution is 5.93. The van der Waals surface area contributed by atoms with Crippen LogP contribution in [0.2, 0.25) is 0 Å². The maximum Gasteiger partial charge on any atom is 0.408 e. The highest BCUT2D eigenvalue weighted by atomic mass is 16.6. The number of aromatic hydroxyl groups is 1. The molecular formula is C21H31N3O9. The third kappa shape index (κ3) is 8.94. The van der Waals surface area contributed by atoms with Crippen molar-refractivity contribution in [1.82, 2.24) is 15.5 Å². The molecule has 2 unspecified atom stereocenters. The van der Waals surface area contributed by atoms with Crippen molar-refractivity contribution in [1.29, 1.82) is 0 Å². The van der Waals surface area contributed by atoms with Crippen LogP contribution in [-0.4, -0.2) is 89.2 Å². The molecule has 0 aliphatic heterocycles. The van der Waals surface area contributed by atoms with Crippen LogP contribution >= 0.6 is 0 Å². The molecule has 1 aromatic carbocycles. The molecule has 0 radical (unpaired) electrons. The minimum absolute atomic E-state index is 0.0904. The number of aliphatic hydroxyl groups is 2. The number of carbonyl (C=O) groups excluding carboxylic acids is 4. The summed E-state index contributed by atoms with van der Waals surface area (Å²) in [6, 6.07) is 2.48. The Kier molecular flexibility index (Phi) is 10.6. The van der Waals surface area contributed by atoms with Crippen LogP contribution in [0, 0.1) is 0 Å². The van der Waals surface area contributed by atoms with Crippen LogP contribution in [-0.2, 0) is 23.9 Å². The number of aliphatic hydroxyl groups excluding tert-OH is 2. The first-order valence-electron chi connectivity index (χ1n) is 10.1. The van der Waals surface area contributed by atoms with Gasteiger partial charge in [-0.05, 0) is 38.5 Å². The van der Waals surface area contributed by atoms with Gasteiger partial charge in [0.05, 0.1) is 20.3 Å². The number of methoxy groups -OCH3 is 1. The second-order valence-electron chi connectivity index (χ2n) is 7.92. The lowest BCUT2D eigenvalue weighted by Crippen LogP contribution is -2.55. The van der Waals surface area contributed by atoms with E-state index < -0.39 is 61.3 Å². The number of nitrogens with one attached hydrogen (secondary N) is 2. The molecule has 0 saturated heterocycles. The maximum atomic E-state index is 13.2. The Morgan fingerprint density at radius 2 is 1.70 bits per heavy atom. The Labute approximate surface area is 191 Å². The topological polar surface area (TPSA) is 175 Å². The minimum Gasteiger partial charge on any atom is -0.508 e. The van der Waals surface area contributed by atoms with E-state index in [1.54, 1.807) is 20.8 Å². The van der Waals surface area contributed by atoms with Gasteiger partial charge in [0.1, 0.15) is 30.0 Å². The van der Waals surface area contributed by atoms with Gasteiger partial charge in [-0.1, -0.05) is 12.1 Å². The monoisotopic (exact) mass is 469 g/mol. The lowest BCUT2D eigenvalue weighted by molar-refractivity contribution is -0.145. The van der Waals surface area contributed by atoms with Crippen molar-refractivity contribution in [2.24, 2.45) is 0 Å². The van der Waals surface area contributed by atoms with Crippen LogP contribution in [0.3, 0.4) is 0 Å². The molecule has 0 aromatic heterocycles. The molecule has 0 spiro atoms. The van der Waals surface area contributed by atoms with E-state index in [2.05, 4.69) is 15.4 Å². The van der Waals surface area contributed by atoms with Gasteiger partial charge >= 0.3 is 12.1 Å². The van der Waals surface area contributed by atoms with Gasteiger partial charge in [-0.3, -0.25) is 14.4 Å². The zero-order chi connectivity index (χ0) is 25.2. The number of benzene rings is 1. The average molecular weight is 469 g/mol. The fourth-order valence-corrected chi connectivity index (χ4v) is 2.77. The molecule has 1 aromatic rings. The molecular weight excluding hydrogens is 438 g/mol. The first-order chi connectivity index (χ1) is 15.4. The average Bonchev–Trinajstić information content (AvgIpc) is 2.74. The maximum absolute atomic E-state index is 13.2. The molecule has 184 valence electrons. The number of hydrogen-bond acceptors (Lipinski definition) is 9. The Bertz CT molecular complexity index is 821. The number of phenols is 1. The lowest BCUT2D eigenvalue weighted by atomic mass is 10.0. The van der Waals surface area contributed by atoms with Crippen molar-refractivity contribution in [3.63, 3.8) is 0 Å². The molecule has 1 rings (SSSR count). The van der Waals surface area contributed by atoms with Gasteiger partial charge in [0.25, 0.3) is 0 Å². The lowest BCUT2D eigenvalue weighted by Gasteiger charge is -2.33. The van der Waals surface area contributed by atoms with E-state index in [4.69, 9.17) is 4.74 Å². The standard InChI is InChI=1S/C21H31N3O9/c1-21(2,3)33-20(31)23-15(12-26)19(30)24(9-10-25)17(13-5-7-14(27)8-6-13)18(29)22-11-16(28)32-4/h5-8,15,17,25-27H,9-12H2,1-4H3,(H,22,29)(H,23,31). The van der Waals surface area contributed by atoms with Crippen LogP contribution in [0.5, 0.6) is 5.75 Å². The fraction of sp³-hybridized carbons (Fsp3) is 0.524. The van der Waals surface area contributed by atoms with Crippen molar-refractivity contribution in [2.45, 2.75) is 38.5 Å². The Hall–Kier alpha value is -3.38. The summed E-state index contributed by atoms with van der Waals surface area (Å²) in [5.41, 5.74) is -0.619. The quantitative estimate of drug-likeness (QED) is 0.281. The molecule has 0 bridgehead atoms. The molecule has 2 atom stereocenters. The molecule has 0 fully saturated rings. The van der Waals surface area contributed by atoms with Crippen molar-refractivity contribution in [3.05, 3.63) is 29.8 Å². The summed E-state index contributed by atoms with van der Waals surface area (Å²) in [7, 11) is 1.14. The molecule has 5 N–H and O–H groups in total. The summed E-state index contributed by atoms with van der Waals surface area (Å²) < 4.78 is 9.60. The van der Waals surface area contributed by atoms with Gasteiger partial charge in [-0.2, -0.15) is 0 Å². The largest absolute Gasteiger partial charge is 0.508 e. The number of alkyl carbamates (subject to hydrolysis) is 1. The van der Waals surface area contributed by atoms with Crippen molar-refractivity contribution in [3.8, 4) is 5.75 Å². The van der Waals surface area contributed by atoms with E-state index >= 15 is 0 Å². The van der Waals surface area contributed by atoms with Crippen molar-refractivity contribution < 1.29 is 44.0 Å². The fourth-order valence-electron chi connectivity index (χ4n) is 2.77. The Balaban J connectivity index is 3.28. The molecule has 3 amide bonds. The molecule has 0 aliphatic rings. The first-order valence-corrected chi connectivity index (χ1v) is 10.1. The van der Waals surface area contributed by atoms with E-state index in [0.29, 0.717) is 0 Å². The normalized spacial score (nSPS) is 12.8. The van der Waals surface area contributed by atoms with Gasteiger partial charge in [0.2, 0.25) is 11.8 Å². The number of phenolic OH excluding ortho intramolecular Hbond substituents is 1. The minimum atomic E-state index is -1.49. The van der Waals surface area contributed by atoms with E-state index in [0.717, 1.165) is 12.0 Å². The molecule has 0 aliphatic carbocycles. The second-order valence-corrected chi connectivity index (χ2v) is 7.92. The van der Waals surface area contributed by atoms with Crippen LogP contribution in [0.1, 0.15) is 32.4 Å². The van der Waals surface area contributed by atoms with Crippen molar-refractivity contribution in [2.75, 3.05) is 33.4 Å². The summed E-state index contributed by atoms with van der Waals surface area (Å²) in [6.07, 6.45) is -0.963. The number of amides is 3. The van der Waals surface area contributed by atoms with E-state index in [-0.39, 0.29) is 17.9 Å². The third-order valence-corrected chi connectivity index (χ3v) is 4.20. The van der Waals surface area contributed by atoms with Crippen LogP contribution in [0.15, 0.2) is 24.3 Å². The second kappa shape index (κ2) is 12.6. The van der Waals surface area contributed by atoms with E-state index in [1.165, 1.54) is 24.3 Å². The molecule has 12 heteroatoms. The summed E-state index contributed by atoms with van der Waals surface area (Å²) >= 11 is 0. The molecule has 0 saturated carbocycles. The summed E-state index contributed by atoms with van der Waals surface area (Å²) in [4.78, 5) is 50.7. The Morgan fingerprint density at radius 1 is 1.09 bits per heavy atom. The van der Waals surface area contributed by atoms with E-state index in [1.807, 2.05) is 0 Å². The van der Waals surface area contributed by atoms with Gasteiger partial charge in [-0.25, -0.2) is 4.79 Å². The predicted octanol–water partition coefficient (Wildman–Crippen LogP) is -0.571. The number of ether oxygens (including phenoxy) is 2. The number of carbonyl (C=O) groups is 4. The summed E-state index contributed by atoms with van der Waals surface area (Å²) in [6.45, 7) is 2.67. The highest BCUT2D eigenvalue weighted by Gasteiger charge is 2.36. The molecule has 0 heterocycles. The zero-order valence-electron chi connectivity index (χ0n) is 19.0. The van der Waals surface area contributed by atoms with Crippen LogP contribution in [0.25, 0.3) is 0 Å². The number of esters is 1. The van der Waals surface area contributed by atoms with Gasteiger partial charge in [-0.15, -0.1) is 0 Å². The number of rotatable bonds is 10. The third-order valence-electron chi connectivity index (χ3n) is 4.20. The summed E-state index contributed by atoms with van der Waals surface area (Å²) in [5.74, 6) is -2.49. The molecule has 12 nitrogen and oxygen atoms in total. The Morgan fingerprint density at radius 3 is 2.18 bits per heavy atom. The summed E-state index contributed by atoms with van der Waals surface area (Å²) in [5, 5.41) is 33.4. The SMILES string of the molecule is COC(=O)CNC(=O)C(c1ccc(O)cc1)N(CCO)C(=O)C(CO)NC(=O)OC(C)(C)C. The number of hydrogen-bond donors (Lipinski definition) is 5. The van der Waals surface area contributed by atoms with Gasteiger partial charge in [0.15, 0.2) is 0 Å². The first kappa shape index (κ1) is 27.7. The smallest absolute Gasteiger partial charge is 0.408 e. The van der Waals surface area contributed by atoms with Crippen LogP contribution < -0.4 is 10.6 Å². The zero-order valence-corrected chi connectivity index (χ0v) is 19.0. The predicted molar refractivity (Wildman–Crippen MR) is 115 cm³/mol. The highest BCUT2D eigenvalue weighted by Crippen LogP contribution is 2.24. The molecule has 33 heavy (non-hydrogen) atoms.